The van der Waals surface area contributed by atoms with E-state index in [9.17, 15) is 9.90 Å². The number of carboxylic acid groups (broad SMARTS) is 1. The van der Waals surface area contributed by atoms with Crippen molar-refractivity contribution >= 4 is 17.3 Å². The highest BCUT2D eigenvalue weighted by Gasteiger charge is 2.20. The molecular weight excluding hydrogens is 288 g/mol. The molecule has 1 aliphatic rings. The number of thiophene rings is 1. The van der Waals surface area contributed by atoms with Gasteiger partial charge in [0.1, 0.15) is 0 Å². The van der Waals surface area contributed by atoms with Crippen LogP contribution in [0.25, 0.3) is 0 Å². The first-order chi connectivity index (χ1) is 10.2. The molecule has 1 aliphatic heterocycles. The summed E-state index contributed by atoms with van der Waals surface area (Å²) in [6, 6.07) is 3.98. The first kappa shape index (κ1) is 14.2. The van der Waals surface area contributed by atoms with E-state index in [1.54, 1.807) is 16.0 Å². The average molecular weight is 306 g/mol. The fourth-order valence-electron chi connectivity index (χ4n) is 2.67. The van der Waals surface area contributed by atoms with E-state index in [0.29, 0.717) is 18.7 Å². The van der Waals surface area contributed by atoms with Crippen molar-refractivity contribution in [1.82, 2.24) is 19.9 Å². The van der Waals surface area contributed by atoms with Gasteiger partial charge in [-0.15, -0.1) is 16.4 Å². The molecule has 0 bridgehead atoms. The van der Waals surface area contributed by atoms with Crippen LogP contribution in [-0.4, -0.2) is 50.6 Å². The lowest BCUT2D eigenvalue weighted by molar-refractivity contribution is 0.0689. The van der Waals surface area contributed by atoms with Crippen LogP contribution in [0.2, 0.25) is 0 Å². The lowest BCUT2D eigenvalue weighted by Crippen LogP contribution is -2.25. The molecule has 0 saturated carbocycles. The van der Waals surface area contributed by atoms with Gasteiger partial charge in [0, 0.05) is 17.8 Å². The van der Waals surface area contributed by atoms with Crippen LogP contribution in [-0.2, 0) is 13.0 Å². The molecule has 7 heteroatoms. The molecule has 3 rings (SSSR count). The van der Waals surface area contributed by atoms with Crippen molar-refractivity contribution in [3.05, 3.63) is 33.8 Å². The number of hydrogen-bond acceptors (Lipinski definition) is 5. The van der Waals surface area contributed by atoms with Gasteiger partial charge in [0.2, 0.25) is 0 Å². The number of hydrogen-bond donors (Lipinski definition) is 1. The summed E-state index contributed by atoms with van der Waals surface area (Å²) in [5.74, 6) is -1.01. The van der Waals surface area contributed by atoms with Gasteiger partial charge in [-0.1, -0.05) is 11.3 Å². The van der Waals surface area contributed by atoms with Crippen LogP contribution >= 0.6 is 11.3 Å². The molecule has 3 heterocycles. The lowest BCUT2D eigenvalue weighted by atomic mass is 10.2. The molecule has 1 N–H and O–H groups in total. The summed E-state index contributed by atoms with van der Waals surface area (Å²) in [6.45, 7) is 3.85. The average Bonchev–Trinajstić information content (AvgIpc) is 3.19. The largest absolute Gasteiger partial charge is 0.476 e. The Morgan fingerprint density at radius 3 is 2.81 bits per heavy atom. The first-order valence-corrected chi connectivity index (χ1v) is 8.02. The Morgan fingerprint density at radius 2 is 2.14 bits per heavy atom. The minimum atomic E-state index is -1.01. The van der Waals surface area contributed by atoms with E-state index in [1.165, 1.54) is 12.8 Å². The Morgan fingerprint density at radius 1 is 1.33 bits per heavy atom. The van der Waals surface area contributed by atoms with Gasteiger partial charge in [-0.3, -0.25) is 0 Å². The smallest absolute Gasteiger partial charge is 0.358 e. The number of carbonyl (C=O) groups is 1. The second kappa shape index (κ2) is 6.36. The number of aromatic nitrogens is 3. The zero-order valence-electron chi connectivity index (χ0n) is 11.7. The Labute approximate surface area is 127 Å². The van der Waals surface area contributed by atoms with E-state index in [2.05, 4.69) is 15.2 Å². The molecule has 0 unspecified atom stereocenters. The minimum Gasteiger partial charge on any atom is -0.476 e. The Kier molecular flexibility index (Phi) is 4.31. The summed E-state index contributed by atoms with van der Waals surface area (Å²) in [4.78, 5) is 14.8. The highest BCUT2D eigenvalue weighted by molar-refractivity contribution is 7.09. The van der Waals surface area contributed by atoms with Crippen molar-refractivity contribution < 1.29 is 9.90 Å². The zero-order chi connectivity index (χ0) is 14.7. The van der Waals surface area contributed by atoms with Crippen molar-refractivity contribution in [2.45, 2.75) is 25.8 Å². The number of aromatic carboxylic acids is 1. The SMILES string of the molecule is O=C(O)c1nnn(CCN2CCCC2)c1Cc1cccs1. The Bertz CT molecular complexity index is 603. The summed E-state index contributed by atoms with van der Waals surface area (Å²) in [7, 11) is 0. The number of likely N-dealkylation sites (tertiary alicyclic amines) is 1. The summed E-state index contributed by atoms with van der Waals surface area (Å²) in [6.07, 6.45) is 3.08. The van der Waals surface area contributed by atoms with Crippen molar-refractivity contribution in [3.63, 3.8) is 0 Å². The van der Waals surface area contributed by atoms with E-state index >= 15 is 0 Å². The summed E-state index contributed by atoms with van der Waals surface area (Å²) in [5.41, 5.74) is 0.772. The second-order valence-corrected chi connectivity index (χ2v) is 6.25. The summed E-state index contributed by atoms with van der Waals surface area (Å²) < 4.78 is 1.75. The lowest BCUT2D eigenvalue weighted by Gasteiger charge is -2.15. The van der Waals surface area contributed by atoms with Crippen molar-refractivity contribution in [3.8, 4) is 0 Å². The fraction of sp³-hybridized carbons (Fsp3) is 0.500. The van der Waals surface area contributed by atoms with E-state index in [1.807, 2.05) is 17.5 Å². The maximum atomic E-state index is 11.3. The molecular formula is C14H18N4O2S. The second-order valence-electron chi connectivity index (χ2n) is 5.22. The molecule has 112 valence electrons. The highest BCUT2D eigenvalue weighted by Crippen LogP contribution is 2.17. The highest BCUT2D eigenvalue weighted by atomic mass is 32.1. The van der Waals surface area contributed by atoms with E-state index in [4.69, 9.17) is 0 Å². The van der Waals surface area contributed by atoms with Gasteiger partial charge in [-0.25, -0.2) is 9.48 Å². The van der Waals surface area contributed by atoms with Crippen LogP contribution in [0.1, 0.15) is 33.9 Å². The van der Waals surface area contributed by atoms with Gasteiger partial charge in [0.25, 0.3) is 0 Å². The van der Waals surface area contributed by atoms with Crippen molar-refractivity contribution in [1.29, 1.82) is 0 Å². The van der Waals surface area contributed by atoms with Gasteiger partial charge in [-0.2, -0.15) is 0 Å². The van der Waals surface area contributed by atoms with E-state index in [0.717, 1.165) is 24.5 Å². The zero-order valence-corrected chi connectivity index (χ0v) is 12.6. The van der Waals surface area contributed by atoms with Gasteiger partial charge in [-0.05, 0) is 37.4 Å². The molecule has 0 atom stereocenters. The van der Waals surface area contributed by atoms with E-state index in [-0.39, 0.29) is 5.69 Å². The number of rotatable bonds is 6. The predicted molar refractivity (Wildman–Crippen MR) is 79.8 cm³/mol. The van der Waals surface area contributed by atoms with Crippen molar-refractivity contribution in [2.75, 3.05) is 19.6 Å². The van der Waals surface area contributed by atoms with Crippen LogP contribution in [0.5, 0.6) is 0 Å². The number of carboxylic acids is 1. The molecule has 0 aliphatic carbocycles. The van der Waals surface area contributed by atoms with Gasteiger partial charge in [0.05, 0.1) is 12.2 Å². The van der Waals surface area contributed by atoms with Gasteiger partial charge < -0.3 is 10.0 Å². The third-order valence-electron chi connectivity index (χ3n) is 3.79. The molecule has 0 amide bonds. The fourth-order valence-corrected chi connectivity index (χ4v) is 3.38. The van der Waals surface area contributed by atoms with Gasteiger partial charge in [0.15, 0.2) is 5.69 Å². The predicted octanol–water partition coefficient (Wildman–Crippen LogP) is 1.72. The standard InChI is InChI=1S/C14H18N4O2S/c19-14(20)13-12(10-11-4-3-9-21-11)18(16-15-13)8-7-17-5-1-2-6-17/h3-4,9H,1-2,5-8,10H2,(H,19,20). The molecule has 0 spiro atoms. The van der Waals surface area contributed by atoms with E-state index < -0.39 is 5.97 Å². The normalized spacial score (nSPS) is 15.6. The van der Waals surface area contributed by atoms with Crippen LogP contribution in [0.4, 0.5) is 0 Å². The topological polar surface area (TPSA) is 71.2 Å². The Hall–Kier alpha value is -1.73. The molecule has 0 radical (unpaired) electrons. The molecule has 0 aromatic carbocycles. The monoisotopic (exact) mass is 306 g/mol. The first-order valence-electron chi connectivity index (χ1n) is 7.14. The third kappa shape index (κ3) is 3.30. The molecule has 2 aromatic rings. The third-order valence-corrected chi connectivity index (χ3v) is 4.67. The molecule has 1 fully saturated rings. The Balaban J connectivity index is 1.76. The maximum Gasteiger partial charge on any atom is 0.358 e. The molecule has 6 nitrogen and oxygen atoms in total. The molecule has 1 saturated heterocycles. The van der Waals surface area contributed by atoms with Crippen LogP contribution in [0.15, 0.2) is 17.5 Å². The van der Waals surface area contributed by atoms with Gasteiger partial charge >= 0.3 is 5.97 Å². The van der Waals surface area contributed by atoms with Crippen LogP contribution < -0.4 is 0 Å². The summed E-state index contributed by atoms with van der Waals surface area (Å²) >= 11 is 1.62. The minimum absolute atomic E-state index is 0.0739. The van der Waals surface area contributed by atoms with Crippen LogP contribution in [0.3, 0.4) is 0 Å². The van der Waals surface area contributed by atoms with Crippen LogP contribution in [0, 0.1) is 0 Å². The maximum absolute atomic E-state index is 11.3. The molecule has 2 aromatic heterocycles. The summed E-state index contributed by atoms with van der Waals surface area (Å²) in [5, 5.41) is 19.1. The molecule has 21 heavy (non-hydrogen) atoms. The quantitative estimate of drug-likeness (QED) is 0.880. The number of nitrogens with zero attached hydrogens (tertiary/aromatic N) is 4. The van der Waals surface area contributed by atoms with Crippen molar-refractivity contribution in [2.24, 2.45) is 0 Å².